The van der Waals surface area contributed by atoms with E-state index in [1.165, 1.54) is 7.11 Å². The zero-order chi connectivity index (χ0) is 19.6. The Hall–Kier alpha value is -2.57. The summed E-state index contributed by atoms with van der Waals surface area (Å²) in [7, 11) is 1.30. The van der Waals surface area contributed by atoms with E-state index in [2.05, 4.69) is 10.6 Å². The third-order valence-electron chi connectivity index (χ3n) is 4.70. The predicted molar refractivity (Wildman–Crippen MR) is 99.7 cm³/mol. The SMILES string of the molecule is COC(=O)[C@H](CCCNC(=O)OCc1ccccc1)NC(=O)[C@@H](C)C1CC1. The molecule has 2 N–H and O–H groups in total. The molecule has 0 saturated heterocycles. The summed E-state index contributed by atoms with van der Waals surface area (Å²) in [6, 6.07) is 8.69. The molecule has 1 aliphatic carbocycles. The Bertz CT molecular complexity index is 631. The van der Waals surface area contributed by atoms with Crippen LogP contribution in [0.15, 0.2) is 30.3 Å². The first-order chi connectivity index (χ1) is 13.0. The van der Waals surface area contributed by atoms with Crippen LogP contribution < -0.4 is 10.6 Å². The quantitative estimate of drug-likeness (QED) is 0.483. The number of rotatable bonds is 10. The molecule has 7 heteroatoms. The topological polar surface area (TPSA) is 93.7 Å². The monoisotopic (exact) mass is 376 g/mol. The Balaban J connectivity index is 1.67. The van der Waals surface area contributed by atoms with Crippen LogP contribution in [-0.4, -0.2) is 37.7 Å². The second-order valence-corrected chi connectivity index (χ2v) is 6.84. The van der Waals surface area contributed by atoms with Crippen LogP contribution in [0.5, 0.6) is 0 Å². The minimum absolute atomic E-state index is 0.0942. The van der Waals surface area contributed by atoms with Crippen LogP contribution in [0.25, 0.3) is 0 Å². The van der Waals surface area contributed by atoms with E-state index in [0.29, 0.717) is 25.3 Å². The van der Waals surface area contributed by atoms with Gasteiger partial charge in [-0.15, -0.1) is 0 Å². The van der Waals surface area contributed by atoms with Gasteiger partial charge in [-0.1, -0.05) is 37.3 Å². The molecular weight excluding hydrogens is 348 g/mol. The minimum atomic E-state index is -0.703. The number of benzene rings is 1. The van der Waals surface area contributed by atoms with E-state index in [-0.39, 0.29) is 18.4 Å². The van der Waals surface area contributed by atoms with Gasteiger partial charge in [-0.2, -0.15) is 0 Å². The number of hydrogen-bond donors (Lipinski definition) is 2. The maximum absolute atomic E-state index is 12.2. The summed E-state index contributed by atoms with van der Waals surface area (Å²) in [6.45, 7) is 2.42. The fourth-order valence-corrected chi connectivity index (χ4v) is 2.78. The van der Waals surface area contributed by atoms with Crippen LogP contribution in [-0.2, 0) is 25.7 Å². The normalized spacial score (nSPS) is 15.3. The molecule has 0 heterocycles. The van der Waals surface area contributed by atoms with Crippen LogP contribution in [0.4, 0.5) is 4.79 Å². The summed E-state index contributed by atoms with van der Waals surface area (Å²) in [5.74, 6) is -0.270. The second-order valence-electron chi connectivity index (χ2n) is 6.84. The van der Waals surface area contributed by atoms with Crippen LogP contribution in [0.3, 0.4) is 0 Å². The van der Waals surface area contributed by atoms with Crippen molar-refractivity contribution in [1.82, 2.24) is 10.6 Å². The van der Waals surface area contributed by atoms with Crippen molar-refractivity contribution in [2.75, 3.05) is 13.7 Å². The molecule has 0 radical (unpaired) electrons. The molecule has 2 rings (SSSR count). The first kappa shape index (κ1) is 20.7. The smallest absolute Gasteiger partial charge is 0.407 e. The van der Waals surface area contributed by atoms with Gasteiger partial charge < -0.3 is 20.1 Å². The van der Waals surface area contributed by atoms with Gasteiger partial charge in [-0.25, -0.2) is 9.59 Å². The lowest BCUT2D eigenvalue weighted by molar-refractivity contribution is -0.145. The van der Waals surface area contributed by atoms with E-state index in [0.717, 1.165) is 18.4 Å². The molecule has 1 fully saturated rings. The number of carbonyl (C=O) groups excluding carboxylic acids is 3. The highest BCUT2D eigenvalue weighted by molar-refractivity contribution is 5.85. The molecule has 0 aliphatic heterocycles. The van der Waals surface area contributed by atoms with Gasteiger partial charge in [0.15, 0.2) is 0 Å². The van der Waals surface area contributed by atoms with E-state index in [4.69, 9.17) is 9.47 Å². The molecular formula is C20H28N2O5. The lowest BCUT2D eigenvalue weighted by Gasteiger charge is -2.19. The van der Waals surface area contributed by atoms with Crippen LogP contribution in [0, 0.1) is 11.8 Å². The summed E-state index contributed by atoms with van der Waals surface area (Å²) in [5.41, 5.74) is 0.908. The van der Waals surface area contributed by atoms with Crippen molar-refractivity contribution in [1.29, 1.82) is 0 Å². The van der Waals surface area contributed by atoms with Crippen LogP contribution in [0.2, 0.25) is 0 Å². The molecule has 0 unspecified atom stereocenters. The lowest BCUT2D eigenvalue weighted by atomic mass is 10.0. The van der Waals surface area contributed by atoms with Crippen molar-refractivity contribution >= 4 is 18.0 Å². The van der Waals surface area contributed by atoms with Gasteiger partial charge in [0.05, 0.1) is 7.11 Å². The van der Waals surface area contributed by atoms with Crippen molar-refractivity contribution in [2.24, 2.45) is 11.8 Å². The first-order valence-electron chi connectivity index (χ1n) is 9.34. The number of carbonyl (C=O) groups is 3. The fraction of sp³-hybridized carbons (Fsp3) is 0.550. The van der Waals surface area contributed by atoms with Gasteiger partial charge in [-0.05, 0) is 37.2 Å². The Kier molecular flexibility index (Phi) is 8.10. The first-order valence-corrected chi connectivity index (χ1v) is 9.34. The highest BCUT2D eigenvalue weighted by Gasteiger charge is 2.34. The zero-order valence-corrected chi connectivity index (χ0v) is 15.9. The maximum atomic E-state index is 12.2. The van der Waals surface area contributed by atoms with E-state index in [1.54, 1.807) is 0 Å². The van der Waals surface area contributed by atoms with Gasteiger partial charge in [0.1, 0.15) is 12.6 Å². The number of esters is 1. The highest BCUT2D eigenvalue weighted by Crippen LogP contribution is 2.36. The Labute approximate surface area is 159 Å². The predicted octanol–water partition coefficient (Wildman–Crippen LogP) is 2.40. The summed E-state index contributed by atoms with van der Waals surface area (Å²) < 4.78 is 9.89. The molecule has 0 bridgehead atoms. The molecule has 1 aromatic rings. The molecule has 0 spiro atoms. The van der Waals surface area contributed by atoms with Crippen molar-refractivity contribution < 1.29 is 23.9 Å². The molecule has 2 atom stereocenters. The van der Waals surface area contributed by atoms with Crippen molar-refractivity contribution in [3.8, 4) is 0 Å². The molecule has 7 nitrogen and oxygen atoms in total. The number of hydrogen-bond acceptors (Lipinski definition) is 5. The van der Waals surface area contributed by atoms with Crippen molar-refractivity contribution in [3.63, 3.8) is 0 Å². The van der Waals surface area contributed by atoms with E-state index in [1.807, 2.05) is 37.3 Å². The molecule has 0 aromatic heterocycles. The van der Waals surface area contributed by atoms with Crippen LogP contribution in [0.1, 0.15) is 38.2 Å². The molecule has 148 valence electrons. The van der Waals surface area contributed by atoms with E-state index < -0.39 is 18.1 Å². The number of amides is 2. The van der Waals surface area contributed by atoms with Gasteiger partial charge >= 0.3 is 12.1 Å². The third kappa shape index (κ3) is 7.29. The Morgan fingerprint density at radius 3 is 2.52 bits per heavy atom. The van der Waals surface area contributed by atoms with Crippen molar-refractivity contribution in [3.05, 3.63) is 35.9 Å². The summed E-state index contributed by atoms with van der Waals surface area (Å²) in [6.07, 6.45) is 2.51. The van der Waals surface area contributed by atoms with E-state index >= 15 is 0 Å². The van der Waals surface area contributed by atoms with Gasteiger partial charge in [0.25, 0.3) is 0 Å². The van der Waals surface area contributed by atoms with Crippen LogP contribution >= 0.6 is 0 Å². The highest BCUT2D eigenvalue weighted by atomic mass is 16.5. The standard InChI is InChI=1S/C20H28N2O5/c1-14(16-10-11-16)18(23)22-17(19(24)26-2)9-6-12-21-20(25)27-13-15-7-4-3-5-8-15/h3-5,7-8,14,16-17H,6,9-13H2,1-2H3,(H,21,25)(H,22,23)/t14-,17-/m0/s1. The Morgan fingerprint density at radius 1 is 1.19 bits per heavy atom. The number of alkyl carbamates (subject to hydrolysis) is 1. The van der Waals surface area contributed by atoms with Crippen molar-refractivity contribution in [2.45, 2.75) is 45.3 Å². The molecule has 1 aromatic carbocycles. The third-order valence-corrected chi connectivity index (χ3v) is 4.70. The minimum Gasteiger partial charge on any atom is -0.467 e. The van der Waals surface area contributed by atoms with E-state index in [9.17, 15) is 14.4 Å². The average molecular weight is 376 g/mol. The largest absolute Gasteiger partial charge is 0.467 e. The second kappa shape index (κ2) is 10.5. The number of ether oxygens (including phenoxy) is 2. The number of methoxy groups -OCH3 is 1. The molecule has 1 aliphatic rings. The Morgan fingerprint density at radius 2 is 1.89 bits per heavy atom. The lowest BCUT2D eigenvalue weighted by Crippen LogP contribution is -2.44. The average Bonchev–Trinajstić information content (AvgIpc) is 3.53. The van der Waals surface area contributed by atoms with Gasteiger partial charge in [-0.3, -0.25) is 4.79 Å². The fourth-order valence-electron chi connectivity index (χ4n) is 2.78. The maximum Gasteiger partial charge on any atom is 0.407 e. The molecule has 2 amide bonds. The molecule has 27 heavy (non-hydrogen) atoms. The summed E-state index contributed by atoms with van der Waals surface area (Å²) >= 11 is 0. The molecule has 1 saturated carbocycles. The van der Waals surface area contributed by atoms with Gasteiger partial charge in [0.2, 0.25) is 5.91 Å². The number of nitrogens with one attached hydrogen (secondary N) is 2. The summed E-state index contributed by atoms with van der Waals surface area (Å²) in [5, 5.41) is 5.41. The zero-order valence-electron chi connectivity index (χ0n) is 15.9. The van der Waals surface area contributed by atoms with Gasteiger partial charge in [0, 0.05) is 12.5 Å². The summed E-state index contributed by atoms with van der Waals surface area (Å²) in [4.78, 5) is 35.8.